The summed E-state index contributed by atoms with van der Waals surface area (Å²) in [4.78, 5) is 0.981. The number of allylic oxidation sites excluding steroid dienone is 3. The Kier molecular flexibility index (Phi) is 3.06. The average Bonchev–Trinajstić information content (AvgIpc) is 2.13. The standard InChI is InChI=1S/C9H14OS/c1-8-4-3-5-9(7-6-8)11(2)10/h5-8H,3-4H2,1-2H3. The van der Waals surface area contributed by atoms with Crippen LogP contribution in [-0.2, 0) is 10.8 Å². The summed E-state index contributed by atoms with van der Waals surface area (Å²) in [5, 5.41) is 0. The lowest BCUT2D eigenvalue weighted by molar-refractivity contribution is 0.662. The van der Waals surface area contributed by atoms with Gasteiger partial charge >= 0.3 is 0 Å². The van der Waals surface area contributed by atoms with Crippen LogP contribution in [0.4, 0.5) is 0 Å². The van der Waals surface area contributed by atoms with Gasteiger partial charge in [0.1, 0.15) is 0 Å². The van der Waals surface area contributed by atoms with E-state index in [1.165, 1.54) is 6.42 Å². The zero-order chi connectivity index (χ0) is 8.27. The third-order valence-corrected chi connectivity index (χ3v) is 2.86. The fourth-order valence-corrected chi connectivity index (χ4v) is 1.75. The molecule has 1 nitrogen and oxygen atoms in total. The van der Waals surface area contributed by atoms with Gasteiger partial charge in [0.2, 0.25) is 0 Å². The van der Waals surface area contributed by atoms with Crippen molar-refractivity contribution in [1.82, 2.24) is 0 Å². The topological polar surface area (TPSA) is 17.1 Å². The van der Waals surface area contributed by atoms with Gasteiger partial charge in [0.15, 0.2) is 0 Å². The summed E-state index contributed by atoms with van der Waals surface area (Å²) in [5.41, 5.74) is 0. The maximum absolute atomic E-state index is 11.0. The zero-order valence-electron chi connectivity index (χ0n) is 7.04. The van der Waals surface area contributed by atoms with Gasteiger partial charge in [0.25, 0.3) is 0 Å². The van der Waals surface area contributed by atoms with E-state index in [-0.39, 0.29) is 0 Å². The highest BCUT2D eigenvalue weighted by atomic mass is 32.2. The molecule has 0 aromatic rings. The van der Waals surface area contributed by atoms with Crippen molar-refractivity contribution in [1.29, 1.82) is 0 Å². The molecule has 0 aromatic heterocycles. The summed E-state index contributed by atoms with van der Waals surface area (Å²) in [6.45, 7) is 2.19. The van der Waals surface area contributed by atoms with Crippen LogP contribution in [0, 0.1) is 5.92 Å². The molecule has 0 radical (unpaired) electrons. The second kappa shape index (κ2) is 3.86. The molecule has 2 atom stereocenters. The van der Waals surface area contributed by atoms with Gasteiger partial charge in [-0.25, -0.2) is 0 Å². The Morgan fingerprint density at radius 3 is 3.00 bits per heavy atom. The highest BCUT2D eigenvalue weighted by Crippen LogP contribution is 2.16. The van der Waals surface area contributed by atoms with Gasteiger partial charge in [-0.15, -0.1) is 0 Å². The lowest BCUT2D eigenvalue weighted by atomic mass is 10.1. The molecule has 11 heavy (non-hydrogen) atoms. The minimum Gasteiger partial charge on any atom is -0.255 e. The quantitative estimate of drug-likeness (QED) is 0.590. The molecule has 0 spiro atoms. The van der Waals surface area contributed by atoms with Crippen molar-refractivity contribution in [3.8, 4) is 0 Å². The monoisotopic (exact) mass is 170 g/mol. The van der Waals surface area contributed by atoms with E-state index in [1.54, 1.807) is 6.26 Å². The Balaban J connectivity index is 2.72. The van der Waals surface area contributed by atoms with Gasteiger partial charge in [-0.2, -0.15) is 0 Å². The number of hydrogen-bond acceptors (Lipinski definition) is 1. The molecule has 0 heterocycles. The van der Waals surface area contributed by atoms with Gasteiger partial charge < -0.3 is 0 Å². The minimum absolute atomic E-state index is 0.632. The number of hydrogen-bond donors (Lipinski definition) is 0. The molecular weight excluding hydrogens is 156 g/mol. The van der Waals surface area contributed by atoms with E-state index in [9.17, 15) is 4.21 Å². The van der Waals surface area contributed by atoms with E-state index in [0.717, 1.165) is 11.3 Å². The largest absolute Gasteiger partial charge is 0.255 e. The van der Waals surface area contributed by atoms with Crippen LogP contribution in [0.15, 0.2) is 23.1 Å². The Morgan fingerprint density at radius 1 is 1.64 bits per heavy atom. The lowest BCUT2D eigenvalue weighted by Gasteiger charge is -1.97. The summed E-state index contributed by atoms with van der Waals surface area (Å²) in [5.74, 6) is 0.632. The van der Waals surface area contributed by atoms with E-state index in [4.69, 9.17) is 0 Å². The predicted octanol–water partition coefficient (Wildman–Crippen LogP) is 2.23. The number of rotatable bonds is 1. The van der Waals surface area contributed by atoms with Gasteiger partial charge in [0, 0.05) is 22.0 Å². The van der Waals surface area contributed by atoms with Crippen molar-refractivity contribution in [3.05, 3.63) is 23.1 Å². The van der Waals surface area contributed by atoms with Crippen LogP contribution < -0.4 is 0 Å². The molecule has 1 rings (SSSR count). The van der Waals surface area contributed by atoms with Crippen LogP contribution in [0.2, 0.25) is 0 Å². The molecule has 2 unspecified atom stereocenters. The van der Waals surface area contributed by atoms with Crippen LogP contribution >= 0.6 is 0 Å². The highest BCUT2D eigenvalue weighted by Gasteiger charge is 2.03. The van der Waals surface area contributed by atoms with Crippen molar-refractivity contribution in [2.75, 3.05) is 6.26 Å². The lowest BCUT2D eigenvalue weighted by Crippen LogP contribution is -1.86. The molecule has 1 aliphatic rings. The molecule has 62 valence electrons. The molecule has 0 aliphatic heterocycles. The Bertz CT molecular complexity index is 216. The normalized spacial score (nSPS) is 27.5. The van der Waals surface area contributed by atoms with Crippen LogP contribution in [0.5, 0.6) is 0 Å². The van der Waals surface area contributed by atoms with Crippen LogP contribution in [0.25, 0.3) is 0 Å². The molecule has 2 heteroatoms. The smallest absolute Gasteiger partial charge is 0.0494 e. The molecular formula is C9H14OS. The minimum atomic E-state index is -0.804. The Hall–Kier alpha value is -0.370. The van der Waals surface area contributed by atoms with Crippen LogP contribution in [0.1, 0.15) is 19.8 Å². The zero-order valence-corrected chi connectivity index (χ0v) is 7.86. The van der Waals surface area contributed by atoms with Crippen molar-refractivity contribution in [2.45, 2.75) is 19.8 Å². The van der Waals surface area contributed by atoms with Gasteiger partial charge in [0.05, 0.1) is 0 Å². The summed E-state index contributed by atoms with van der Waals surface area (Å²) < 4.78 is 11.0. The fourth-order valence-electron chi connectivity index (χ4n) is 1.13. The molecule has 0 aromatic carbocycles. The molecule has 0 bridgehead atoms. The van der Waals surface area contributed by atoms with E-state index in [1.807, 2.05) is 6.08 Å². The maximum atomic E-state index is 11.0. The highest BCUT2D eigenvalue weighted by molar-refractivity contribution is 7.88. The van der Waals surface area contributed by atoms with Gasteiger partial charge in [-0.1, -0.05) is 25.2 Å². The molecule has 1 aliphatic carbocycles. The summed E-state index contributed by atoms with van der Waals surface area (Å²) >= 11 is 0. The first kappa shape index (κ1) is 8.72. The van der Waals surface area contributed by atoms with Gasteiger partial charge in [-0.05, 0) is 18.8 Å². The van der Waals surface area contributed by atoms with E-state index >= 15 is 0 Å². The Morgan fingerprint density at radius 2 is 2.36 bits per heavy atom. The fraction of sp³-hybridized carbons (Fsp3) is 0.556. The van der Waals surface area contributed by atoms with Crippen LogP contribution in [-0.4, -0.2) is 10.5 Å². The molecule has 0 saturated heterocycles. The van der Waals surface area contributed by atoms with Crippen molar-refractivity contribution in [3.63, 3.8) is 0 Å². The third kappa shape index (κ3) is 2.62. The first-order valence-corrected chi connectivity index (χ1v) is 5.47. The van der Waals surface area contributed by atoms with Crippen molar-refractivity contribution < 1.29 is 4.21 Å². The summed E-state index contributed by atoms with van der Waals surface area (Å²) in [7, 11) is -0.804. The van der Waals surface area contributed by atoms with Crippen molar-refractivity contribution >= 4 is 10.8 Å². The second-order valence-electron chi connectivity index (χ2n) is 2.97. The summed E-state index contributed by atoms with van der Waals surface area (Å²) in [6, 6.07) is 0. The maximum Gasteiger partial charge on any atom is 0.0494 e. The van der Waals surface area contributed by atoms with E-state index in [0.29, 0.717) is 5.92 Å². The van der Waals surface area contributed by atoms with Crippen LogP contribution in [0.3, 0.4) is 0 Å². The predicted molar refractivity (Wildman–Crippen MR) is 49.7 cm³/mol. The Labute approximate surface area is 70.6 Å². The second-order valence-corrected chi connectivity index (χ2v) is 4.35. The molecule has 0 saturated carbocycles. The third-order valence-electron chi connectivity index (χ3n) is 1.89. The molecule has 0 N–H and O–H groups in total. The summed E-state index contributed by atoms with van der Waals surface area (Å²) in [6.07, 6.45) is 10.2. The molecule has 0 fully saturated rings. The van der Waals surface area contributed by atoms with E-state index in [2.05, 4.69) is 19.1 Å². The SMILES string of the molecule is CC1C=CC(S(C)=O)=CCC1. The molecule has 0 amide bonds. The first-order chi connectivity index (χ1) is 5.20. The first-order valence-electron chi connectivity index (χ1n) is 3.92. The van der Waals surface area contributed by atoms with Gasteiger partial charge in [-0.3, -0.25) is 4.21 Å². The average molecular weight is 170 g/mol. The van der Waals surface area contributed by atoms with Crippen molar-refractivity contribution in [2.24, 2.45) is 5.92 Å². The van der Waals surface area contributed by atoms with E-state index < -0.39 is 10.8 Å².